The van der Waals surface area contributed by atoms with E-state index in [1.165, 1.54) is 17.7 Å². The van der Waals surface area contributed by atoms with Crippen molar-refractivity contribution < 1.29 is 9.59 Å². The molecule has 23 heavy (non-hydrogen) atoms. The number of thioether (sulfide) groups is 1. The second-order valence-corrected chi connectivity index (χ2v) is 12.1. The van der Waals surface area contributed by atoms with Crippen molar-refractivity contribution in [3.8, 4) is 0 Å². The fourth-order valence-electron chi connectivity index (χ4n) is 9.55. The fourth-order valence-corrected chi connectivity index (χ4v) is 12.1. The molecule has 8 fully saturated rings. The van der Waals surface area contributed by atoms with Gasteiger partial charge in [-0.1, -0.05) is 0 Å². The number of carbonyl (C=O) groups excluding carboxylic acids is 2. The minimum absolute atomic E-state index is 0.00870. The lowest BCUT2D eigenvalue weighted by Gasteiger charge is -2.68. The largest absolute Gasteiger partial charge is 0.285 e. The minimum Gasteiger partial charge on any atom is -0.285 e. The predicted octanol–water partition coefficient (Wildman–Crippen LogP) is 2.26. The van der Waals surface area contributed by atoms with Gasteiger partial charge < -0.3 is 0 Å². The minimum atomic E-state index is -0.0818. The zero-order valence-corrected chi connectivity index (χ0v) is 14.7. The van der Waals surface area contributed by atoms with Crippen LogP contribution in [0.2, 0.25) is 0 Å². The first-order valence-electron chi connectivity index (χ1n) is 9.41. The van der Waals surface area contributed by atoms with E-state index in [-0.39, 0.29) is 33.1 Å². The smallest absolute Gasteiger partial charge is 0.234 e. The summed E-state index contributed by atoms with van der Waals surface area (Å²) in [5, 5.41) is 0. The topological polar surface area (TPSA) is 37.4 Å². The molecule has 11 unspecified atom stereocenters. The zero-order chi connectivity index (χ0) is 15.6. The molecule has 2 aliphatic heterocycles. The third-order valence-electron chi connectivity index (χ3n) is 9.56. The summed E-state index contributed by atoms with van der Waals surface area (Å²) in [5.74, 6) is 7.32. The van der Waals surface area contributed by atoms with Crippen molar-refractivity contribution in [2.45, 2.75) is 36.2 Å². The van der Waals surface area contributed by atoms with Gasteiger partial charge in [0.25, 0.3) is 0 Å². The molecule has 0 aromatic rings. The van der Waals surface area contributed by atoms with Crippen molar-refractivity contribution in [1.82, 2.24) is 4.90 Å². The van der Waals surface area contributed by atoms with Gasteiger partial charge >= 0.3 is 0 Å². The molecule has 0 N–H and O–H groups in total. The van der Waals surface area contributed by atoms with E-state index in [1.54, 1.807) is 7.05 Å². The predicted molar refractivity (Wildman–Crippen MR) is 86.3 cm³/mol. The number of amides is 2. The van der Waals surface area contributed by atoms with E-state index in [0.717, 1.165) is 47.3 Å². The molecule has 0 aromatic heterocycles. The first-order chi connectivity index (χ1) is 10.9. The van der Waals surface area contributed by atoms with Crippen molar-refractivity contribution >= 4 is 23.6 Å². The highest BCUT2D eigenvalue weighted by atomic mass is 32.2. The third-order valence-corrected chi connectivity index (χ3v) is 11.5. The summed E-state index contributed by atoms with van der Waals surface area (Å²) in [5.41, 5.74) is 0. The van der Waals surface area contributed by atoms with E-state index >= 15 is 0 Å². The maximum Gasteiger partial charge on any atom is 0.234 e. The van der Waals surface area contributed by atoms with Gasteiger partial charge in [-0.15, -0.1) is 11.8 Å². The maximum absolute atomic E-state index is 13.1. The molecule has 2 heterocycles. The number of carbonyl (C=O) groups is 2. The number of rotatable bonds is 0. The summed E-state index contributed by atoms with van der Waals surface area (Å²) in [6.45, 7) is 4.48. The summed E-state index contributed by atoms with van der Waals surface area (Å²) in [7, 11) is 1.72. The van der Waals surface area contributed by atoms with Gasteiger partial charge in [-0.3, -0.25) is 14.5 Å². The molecule has 0 aromatic carbocycles. The van der Waals surface area contributed by atoms with E-state index in [0.29, 0.717) is 0 Å². The van der Waals surface area contributed by atoms with Gasteiger partial charge in [-0.2, -0.15) is 0 Å². The highest BCUT2D eigenvalue weighted by molar-refractivity contribution is 8.02. The lowest BCUT2D eigenvalue weighted by atomic mass is 9.37. The van der Waals surface area contributed by atoms with Crippen LogP contribution in [0.1, 0.15) is 26.7 Å². The van der Waals surface area contributed by atoms with E-state index in [2.05, 4.69) is 25.6 Å². The number of hydrogen-bond acceptors (Lipinski definition) is 3. The number of hydrogen-bond donors (Lipinski definition) is 0. The van der Waals surface area contributed by atoms with Gasteiger partial charge in [0.15, 0.2) is 0 Å². The Hall–Kier alpha value is -0.510. The molecule has 1 spiro atoms. The van der Waals surface area contributed by atoms with Crippen LogP contribution in [0.3, 0.4) is 0 Å². The van der Waals surface area contributed by atoms with E-state index in [1.807, 2.05) is 0 Å². The Morgan fingerprint density at radius 1 is 0.957 bits per heavy atom. The molecule has 8 rings (SSSR count). The lowest BCUT2D eigenvalue weighted by Crippen LogP contribution is -2.66. The van der Waals surface area contributed by atoms with Crippen LogP contribution >= 0.6 is 11.8 Å². The van der Waals surface area contributed by atoms with Gasteiger partial charge in [-0.05, 0) is 74.0 Å². The molecule has 5 bridgehead atoms. The summed E-state index contributed by atoms with van der Waals surface area (Å²) in [4.78, 5) is 27.5. The SMILES string of the molecule is CN1C(=O)C2C(C1=O)C1(SC2(C)C)C2C3CC4C5C(C3)C1C5C42. The van der Waals surface area contributed by atoms with Crippen LogP contribution in [-0.2, 0) is 9.59 Å². The fraction of sp³-hybridized carbons (Fsp3) is 0.895. The maximum atomic E-state index is 13.1. The monoisotopic (exact) mass is 329 g/mol. The zero-order valence-electron chi connectivity index (χ0n) is 13.9. The summed E-state index contributed by atoms with van der Waals surface area (Å²) in [6, 6.07) is 0. The second kappa shape index (κ2) is 3.15. The average Bonchev–Trinajstić information content (AvgIpc) is 2.88. The Kier molecular flexibility index (Phi) is 1.75. The first-order valence-corrected chi connectivity index (χ1v) is 10.2. The van der Waals surface area contributed by atoms with Crippen molar-refractivity contribution in [2.24, 2.45) is 59.2 Å². The first kappa shape index (κ1) is 12.8. The number of fused-ring (bicyclic) bond motifs is 1. The molecule has 122 valence electrons. The van der Waals surface area contributed by atoms with E-state index < -0.39 is 0 Å². The van der Waals surface area contributed by atoms with Crippen LogP contribution in [0.15, 0.2) is 0 Å². The standard InChI is InChI=1S/C19H23NO2S/c1-18(2)14-15(17(22)20(3)16(14)21)19(23-18)12-6-4-7-9-8(5-6)13(19)11(9)10(7)12/h6-15H,4-5H2,1-3H3. The normalized spacial score (nSPS) is 67.9. The van der Waals surface area contributed by atoms with Gasteiger partial charge in [0.05, 0.1) is 11.8 Å². The molecule has 0 radical (unpaired) electrons. The Morgan fingerprint density at radius 2 is 1.65 bits per heavy atom. The molecular formula is C19H23NO2S. The van der Waals surface area contributed by atoms with Crippen LogP contribution in [0, 0.1) is 59.2 Å². The van der Waals surface area contributed by atoms with Crippen molar-refractivity contribution in [3.05, 3.63) is 0 Å². The molecule has 6 aliphatic carbocycles. The van der Waals surface area contributed by atoms with Crippen LogP contribution in [0.5, 0.6) is 0 Å². The molecule has 2 amide bonds. The highest BCUT2D eigenvalue weighted by Gasteiger charge is 2.90. The van der Waals surface area contributed by atoms with Gasteiger partial charge in [0.2, 0.25) is 11.8 Å². The van der Waals surface area contributed by atoms with E-state index in [9.17, 15) is 9.59 Å². The molecule has 4 heteroatoms. The number of likely N-dealkylation sites (tertiary alicyclic amines) is 1. The van der Waals surface area contributed by atoms with Crippen molar-refractivity contribution in [3.63, 3.8) is 0 Å². The second-order valence-electron chi connectivity index (χ2n) is 10.1. The molecule has 3 nitrogen and oxygen atoms in total. The third kappa shape index (κ3) is 0.934. The molecule has 8 aliphatic rings. The van der Waals surface area contributed by atoms with Gasteiger partial charge in [-0.25, -0.2) is 0 Å². The molecule has 6 saturated carbocycles. The van der Waals surface area contributed by atoms with Crippen molar-refractivity contribution in [1.29, 1.82) is 0 Å². The molecule has 11 atom stereocenters. The highest BCUT2D eigenvalue weighted by Crippen LogP contribution is 2.91. The Labute approximate surface area is 140 Å². The summed E-state index contributed by atoms with van der Waals surface area (Å²) >= 11 is 2.10. The number of imide groups is 1. The van der Waals surface area contributed by atoms with Crippen LogP contribution in [0.25, 0.3) is 0 Å². The Balaban J connectivity index is 1.48. The molecular weight excluding hydrogens is 306 g/mol. The Morgan fingerprint density at radius 3 is 2.43 bits per heavy atom. The van der Waals surface area contributed by atoms with Crippen LogP contribution < -0.4 is 0 Å². The van der Waals surface area contributed by atoms with Crippen LogP contribution in [-0.4, -0.2) is 33.3 Å². The van der Waals surface area contributed by atoms with Gasteiger partial charge in [0.1, 0.15) is 0 Å². The van der Waals surface area contributed by atoms with Gasteiger partial charge in [0, 0.05) is 16.5 Å². The average molecular weight is 329 g/mol. The lowest BCUT2D eigenvalue weighted by molar-refractivity contribution is -0.189. The van der Waals surface area contributed by atoms with Crippen molar-refractivity contribution in [2.75, 3.05) is 7.05 Å². The quantitative estimate of drug-likeness (QED) is 0.640. The molecule has 2 saturated heterocycles. The Bertz CT molecular complexity index is 712. The number of nitrogens with zero attached hydrogens (tertiary/aromatic N) is 1. The van der Waals surface area contributed by atoms with E-state index in [4.69, 9.17) is 0 Å². The van der Waals surface area contributed by atoms with Crippen LogP contribution in [0.4, 0.5) is 0 Å². The summed E-state index contributed by atoms with van der Waals surface area (Å²) in [6.07, 6.45) is 2.89. The summed E-state index contributed by atoms with van der Waals surface area (Å²) < 4.78 is 0.0396.